The van der Waals surface area contributed by atoms with E-state index < -0.39 is 5.97 Å². The van der Waals surface area contributed by atoms with Crippen molar-refractivity contribution in [3.63, 3.8) is 0 Å². The number of carbonyl (C=O) groups is 1. The molecule has 4 rings (SSSR count). The smallest absolute Gasteiger partial charge is 0.156 e. The Labute approximate surface area is 183 Å². The number of tetrazole rings is 1. The summed E-state index contributed by atoms with van der Waals surface area (Å²) < 4.78 is 1.63. The third kappa shape index (κ3) is 4.34. The predicted octanol–water partition coefficient (Wildman–Crippen LogP) is 2.77. The van der Waals surface area contributed by atoms with Crippen molar-refractivity contribution in [1.29, 1.82) is 0 Å². The van der Waals surface area contributed by atoms with Crippen molar-refractivity contribution >= 4 is 17.6 Å². The lowest BCUT2D eigenvalue weighted by Crippen LogP contribution is -2.26. The Morgan fingerprint density at radius 2 is 1.87 bits per heavy atom. The Hall–Kier alpha value is -3.52. The van der Waals surface area contributed by atoms with Crippen LogP contribution in [0.25, 0.3) is 22.5 Å². The third-order valence-corrected chi connectivity index (χ3v) is 5.31. The van der Waals surface area contributed by atoms with Crippen molar-refractivity contribution in [3.05, 3.63) is 70.8 Å². The number of aryl methyl sites for hydroxylation is 1. The van der Waals surface area contributed by atoms with Gasteiger partial charge in [0.1, 0.15) is 11.5 Å². The van der Waals surface area contributed by atoms with Gasteiger partial charge in [-0.15, -0.1) is 0 Å². The number of carboxylic acid groups (broad SMARTS) is 1. The molecule has 0 bridgehead atoms. The van der Waals surface area contributed by atoms with E-state index in [-0.39, 0.29) is 10.8 Å². The maximum Gasteiger partial charge on any atom is 0.156 e. The molecule has 0 unspecified atom stereocenters. The van der Waals surface area contributed by atoms with Gasteiger partial charge >= 0.3 is 0 Å². The van der Waals surface area contributed by atoms with Gasteiger partial charge < -0.3 is 19.6 Å². The fourth-order valence-corrected chi connectivity index (χ4v) is 3.79. The first-order valence-corrected chi connectivity index (χ1v) is 10.3. The second kappa shape index (κ2) is 9.09. The zero-order valence-corrected chi connectivity index (χ0v) is 17.6. The SMILES string of the molecule is CCCCc1nc(Cl)c(C(=O)[O-])n1Cc1ccc(-c2ccccc2-c2nnn[n-]2)cc1. The van der Waals surface area contributed by atoms with Crippen LogP contribution in [0.5, 0.6) is 0 Å². The molecule has 158 valence electrons. The van der Waals surface area contributed by atoms with E-state index in [1.807, 2.05) is 48.5 Å². The van der Waals surface area contributed by atoms with E-state index in [1.54, 1.807) is 4.57 Å². The first-order valence-electron chi connectivity index (χ1n) is 9.92. The van der Waals surface area contributed by atoms with Gasteiger partial charge in [-0.05, 0) is 28.7 Å². The minimum atomic E-state index is -1.33. The largest absolute Gasteiger partial charge is 0.543 e. The standard InChI is InChI=1S/C22H21ClN6O2/c1-2-3-8-18-24-20(23)19(22(30)31)29(18)13-14-9-11-15(12-10-14)16-6-4-5-7-17(16)21-25-27-28-26-21/h4-7,9-12H,2-3,8,13H2,1H3,(H2,25,26,27,28,30,31)/p-2. The summed E-state index contributed by atoms with van der Waals surface area (Å²) in [6.07, 6.45) is 2.51. The molecule has 0 radical (unpaired) electrons. The van der Waals surface area contributed by atoms with Gasteiger partial charge in [-0.25, -0.2) is 4.98 Å². The first kappa shape index (κ1) is 20.7. The quantitative estimate of drug-likeness (QED) is 0.419. The van der Waals surface area contributed by atoms with Crippen LogP contribution in [0.3, 0.4) is 0 Å². The Morgan fingerprint density at radius 3 is 2.52 bits per heavy atom. The van der Waals surface area contributed by atoms with E-state index in [4.69, 9.17) is 11.6 Å². The molecule has 0 saturated heterocycles. The number of unbranched alkanes of at least 4 members (excludes halogenated alkanes) is 1. The number of hydrogen-bond acceptors (Lipinski definition) is 6. The Bertz CT molecular complexity index is 1190. The molecule has 0 fully saturated rings. The van der Waals surface area contributed by atoms with E-state index in [2.05, 4.69) is 32.5 Å². The maximum absolute atomic E-state index is 11.6. The van der Waals surface area contributed by atoms with E-state index in [0.717, 1.165) is 35.1 Å². The van der Waals surface area contributed by atoms with Crippen LogP contribution in [0, 0.1) is 0 Å². The highest BCUT2D eigenvalue weighted by Crippen LogP contribution is 2.30. The highest BCUT2D eigenvalue weighted by Gasteiger charge is 2.17. The van der Waals surface area contributed by atoms with E-state index >= 15 is 0 Å². The van der Waals surface area contributed by atoms with Gasteiger partial charge in [0.25, 0.3) is 0 Å². The minimum Gasteiger partial charge on any atom is -0.543 e. The third-order valence-electron chi connectivity index (χ3n) is 5.04. The Balaban J connectivity index is 1.65. The molecule has 31 heavy (non-hydrogen) atoms. The molecule has 0 spiro atoms. The molecule has 0 amide bonds. The summed E-state index contributed by atoms with van der Waals surface area (Å²) in [5.74, 6) is -0.219. The van der Waals surface area contributed by atoms with Crippen molar-refractivity contribution < 1.29 is 9.90 Å². The van der Waals surface area contributed by atoms with Crippen LogP contribution in [0.2, 0.25) is 5.15 Å². The predicted molar refractivity (Wildman–Crippen MR) is 113 cm³/mol. The van der Waals surface area contributed by atoms with Crippen LogP contribution >= 0.6 is 11.6 Å². The number of rotatable bonds is 8. The summed E-state index contributed by atoms with van der Waals surface area (Å²) in [7, 11) is 0. The normalized spacial score (nSPS) is 11.0. The fourth-order valence-electron chi connectivity index (χ4n) is 3.51. The molecule has 0 aliphatic carbocycles. The van der Waals surface area contributed by atoms with E-state index in [1.165, 1.54) is 0 Å². The van der Waals surface area contributed by atoms with Crippen molar-refractivity contribution in [2.45, 2.75) is 32.7 Å². The van der Waals surface area contributed by atoms with Crippen molar-refractivity contribution in [1.82, 2.24) is 30.2 Å². The van der Waals surface area contributed by atoms with Crippen LogP contribution in [0.1, 0.15) is 41.6 Å². The van der Waals surface area contributed by atoms with Crippen LogP contribution < -0.4 is 10.2 Å². The fraction of sp³-hybridized carbons (Fsp3) is 0.227. The lowest BCUT2D eigenvalue weighted by molar-refractivity contribution is -0.255. The van der Waals surface area contributed by atoms with Gasteiger partial charge in [-0.2, -0.15) is 5.21 Å². The molecule has 8 nitrogen and oxygen atoms in total. The van der Waals surface area contributed by atoms with Crippen LogP contribution in [-0.4, -0.2) is 31.0 Å². The molecule has 2 aromatic heterocycles. The molecule has 2 aromatic carbocycles. The topological polar surface area (TPSA) is 111 Å². The molecule has 9 heteroatoms. The molecule has 0 atom stereocenters. The number of halogens is 1. The summed E-state index contributed by atoms with van der Waals surface area (Å²) >= 11 is 6.09. The van der Waals surface area contributed by atoms with Gasteiger partial charge in [0, 0.05) is 18.8 Å². The lowest BCUT2D eigenvalue weighted by Gasteiger charge is -2.14. The van der Waals surface area contributed by atoms with Gasteiger partial charge in [-0.3, -0.25) is 10.3 Å². The van der Waals surface area contributed by atoms with Crippen molar-refractivity contribution in [3.8, 4) is 22.5 Å². The number of aromatic nitrogens is 6. The lowest BCUT2D eigenvalue weighted by atomic mass is 9.98. The first-order chi connectivity index (χ1) is 15.1. The Morgan fingerprint density at radius 1 is 1.13 bits per heavy atom. The summed E-state index contributed by atoms with van der Waals surface area (Å²) in [5.41, 5.74) is 3.59. The number of hydrogen-bond donors (Lipinski definition) is 0. The molecule has 4 aromatic rings. The number of nitrogens with zero attached hydrogens (tertiary/aromatic N) is 6. The molecule has 0 aliphatic heterocycles. The number of carboxylic acids is 1. The second-order valence-electron chi connectivity index (χ2n) is 7.09. The average Bonchev–Trinajstić information content (AvgIpc) is 3.41. The highest BCUT2D eigenvalue weighted by atomic mass is 35.5. The van der Waals surface area contributed by atoms with Crippen molar-refractivity contribution in [2.24, 2.45) is 0 Å². The number of carbonyl (C=O) groups excluding carboxylic acids is 1. The van der Waals surface area contributed by atoms with Crippen molar-refractivity contribution in [2.75, 3.05) is 0 Å². The zero-order chi connectivity index (χ0) is 21.8. The van der Waals surface area contributed by atoms with Gasteiger partial charge in [0.15, 0.2) is 5.15 Å². The second-order valence-corrected chi connectivity index (χ2v) is 7.45. The molecule has 0 aliphatic rings. The van der Waals surface area contributed by atoms with Gasteiger partial charge in [0.05, 0.1) is 5.97 Å². The summed E-state index contributed by atoms with van der Waals surface area (Å²) in [6, 6.07) is 15.6. The van der Waals surface area contributed by atoms with E-state index in [0.29, 0.717) is 24.6 Å². The van der Waals surface area contributed by atoms with Gasteiger partial charge in [-0.1, -0.05) is 73.5 Å². The zero-order valence-electron chi connectivity index (χ0n) is 16.8. The molecule has 0 saturated carbocycles. The highest BCUT2D eigenvalue weighted by molar-refractivity contribution is 6.32. The molecule has 2 heterocycles. The average molecular weight is 435 g/mol. The molecule has 0 N–H and O–H groups in total. The maximum atomic E-state index is 11.6. The monoisotopic (exact) mass is 434 g/mol. The number of benzene rings is 2. The summed E-state index contributed by atoms with van der Waals surface area (Å²) in [6.45, 7) is 2.40. The summed E-state index contributed by atoms with van der Waals surface area (Å²) in [4.78, 5) is 15.9. The minimum absolute atomic E-state index is 0.0337. The van der Waals surface area contributed by atoms with Crippen LogP contribution in [0.4, 0.5) is 0 Å². The molecular formula is C22H19ClN6O2-2. The van der Waals surface area contributed by atoms with Crippen LogP contribution in [0.15, 0.2) is 48.5 Å². The number of imidazole rings is 1. The van der Waals surface area contributed by atoms with Gasteiger partial charge in [0.2, 0.25) is 0 Å². The summed E-state index contributed by atoms with van der Waals surface area (Å²) in [5, 5.41) is 26.6. The molecular weight excluding hydrogens is 416 g/mol. The Kier molecular flexibility index (Phi) is 6.08. The van der Waals surface area contributed by atoms with E-state index in [9.17, 15) is 9.90 Å². The van der Waals surface area contributed by atoms with Crippen LogP contribution in [-0.2, 0) is 13.0 Å². The number of aromatic carboxylic acids is 1.